The van der Waals surface area contributed by atoms with E-state index in [1.165, 1.54) is 24.6 Å². The Balaban J connectivity index is 2.25. The van der Waals surface area contributed by atoms with E-state index in [1.807, 2.05) is 12.1 Å². The maximum absolute atomic E-state index is 11.1. The topological polar surface area (TPSA) is 45.8 Å². The molecule has 1 aromatic carbocycles. The van der Waals surface area contributed by atoms with E-state index in [0.717, 1.165) is 11.0 Å². The fraction of sp³-hybridized carbons (Fsp3) is 0.273. The van der Waals surface area contributed by atoms with Gasteiger partial charge in [-0.25, -0.2) is 4.98 Å². The quantitative estimate of drug-likeness (QED) is 0.738. The van der Waals surface area contributed by atoms with Gasteiger partial charge < -0.3 is 4.98 Å². The number of hydrogen-bond acceptors (Lipinski definition) is 2. The maximum atomic E-state index is 11.1. The second-order valence-electron chi connectivity index (χ2n) is 3.80. The summed E-state index contributed by atoms with van der Waals surface area (Å²) in [6, 6.07) is 6.12. The van der Waals surface area contributed by atoms with E-state index in [2.05, 4.69) is 16.0 Å². The summed E-state index contributed by atoms with van der Waals surface area (Å²) in [5, 5.41) is 0. The highest BCUT2D eigenvalue weighted by Gasteiger charge is 2.23. The van der Waals surface area contributed by atoms with Crippen molar-refractivity contribution >= 4 is 11.0 Å². The summed E-state index contributed by atoms with van der Waals surface area (Å²) in [7, 11) is 0. The summed E-state index contributed by atoms with van der Waals surface area (Å²) >= 11 is 0. The SMILES string of the molecule is O=c1cnc2ccc(C3CC3)cc2[nH]1. The first kappa shape index (κ1) is 7.74. The molecule has 1 heterocycles. The molecule has 3 heteroatoms. The number of nitrogens with one attached hydrogen (secondary N) is 1. The standard InChI is InChI=1S/C11H10N2O/c14-11-6-12-9-4-3-8(7-1-2-7)5-10(9)13-11/h3-7H,1-2H2,(H,13,14). The van der Waals surface area contributed by atoms with Crippen molar-refractivity contribution in [2.24, 2.45) is 0 Å². The molecule has 3 rings (SSSR count). The molecule has 0 bridgehead atoms. The molecule has 1 aromatic heterocycles. The second-order valence-corrected chi connectivity index (χ2v) is 3.80. The Hall–Kier alpha value is -1.64. The predicted molar refractivity (Wildman–Crippen MR) is 54.3 cm³/mol. The Bertz CT molecular complexity index is 540. The third-order valence-electron chi connectivity index (χ3n) is 2.65. The first-order chi connectivity index (χ1) is 6.83. The Morgan fingerprint density at radius 1 is 1.36 bits per heavy atom. The molecule has 1 fully saturated rings. The first-order valence-electron chi connectivity index (χ1n) is 4.82. The van der Waals surface area contributed by atoms with Crippen LogP contribution in [0.2, 0.25) is 0 Å². The lowest BCUT2D eigenvalue weighted by atomic mass is 10.1. The molecule has 1 aliphatic carbocycles. The highest BCUT2D eigenvalue weighted by Crippen LogP contribution is 2.40. The molecule has 2 aromatic rings. The van der Waals surface area contributed by atoms with Crippen molar-refractivity contribution in [3.8, 4) is 0 Å². The molecule has 1 aliphatic rings. The minimum Gasteiger partial charge on any atom is -0.319 e. The average molecular weight is 186 g/mol. The molecule has 1 saturated carbocycles. The second kappa shape index (κ2) is 2.67. The molecule has 0 radical (unpaired) electrons. The average Bonchev–Trinajstić information content (AvgIpc) is 3.00. The highest BCUT2D eigenvalue weighted by molar-refractivity contribution is 5.74. The van der Waals surface area contributed by atoms with Crippen molar-refractivity contribution in [2.45, 2.75) is 18.8 Å². The van der Waals surface area contributed by atoms with E-state index >= 15 is 0 Å². The Morgan fingerprint density at radius 2 is 2.21 bits per heavy atom. The third kappa shape index (κ3) is 1.21. The number of aromatic nitrogens is 2. The van der Waals surface area contributed by atoms with Crippen molar-refractivity contribution in [1.82, 2.24) is 9.97 Å². The monoisotopic (exact) mass is 186 g/mol. The van der Waals surface area contributed by atoms with Crippen molar-refractivity contribution in [3.05, 3.63) is 40.3 Å². The van der Waals surface area contributed by atoms with Gasteiger partial charge in [0.2, 0.25) is 0 Å². The lowest BCUT2D eigenvalue weighted by Crippen LogP contribution is -2.04. The Labute approximate surface area is 80.8 Å². The molecule has 0 amide bonds. The Kier molecular flexibility index (Phi) is 1.48. The molecular weight excluding hydrogens is 176 g/mol. The molecule has 0 spiro atoms. The molecule has 0 atom stereocenters. The van der Waals surface area contributed by atoms with Crippen LogP contribution < -0.4 is 5.56 Å². The number of hydrogen-bond donors (Lipinski definition) is 1. The normalized spacial score (nSPS) is 16.0. The minimum atomic E-state index is -0.134. The van der Waals surface area contributed by atoms with Crippen LogP contribution in [0, 0.1) is 0 Å². The summed E-state index contributed by atoms with van der Waals surface area (Å²) in [6.07, 6.45) is 3.87. The number of rotatable bonds is 1. The zero-order valence-electron chi connectivity index (χ0n) is 7.66. The van der Waals surface area contributed by atoms with E-state index in [-0.39, 0.29) is 5.56 Å². The predicted octanol–water partition coefficient (Wildman–Crippen LogP) is 1.80. The summed E-state index contributed by atoms with van der Waals surface area (Å²) in [5.41, 5.74) is 2.89. The van der Waals surface area contributed by atoms with E-state index in [9.17, 15) is 4.79 Å². The van der Waals surface area contributed by atoms with Crippen molar-refractivity contribution < 1.29 is 0 Å². The van der Waals surface area contributed by atoms with Gasteiger partial charge in [-0.2, -0.15) is 0 Å². The zero-order valence-corrected chi connectivity index (χ0v) is 7.66. The molecule has 0 saturated heterocycles. The van der Waals surface area contributed by atoms with E-state index in [0.29, 0.717) is 5.92 Å². The molecule has 3 nitrogen and oxygen atoms in total. The van der Waals surface area contributed by atoms with E-state index in [1.54, 1.807) is 0 Å². The number of aromatic amines is 1. The van der Waals surface area contributed by atoms with Crippen LogP contribution in [0.3, 0.4) is 0 Å². The van der Waals surface area contributed by atoms with Gasteiger partial charge in [-0.1, -0.05) is 6.07 Å². The van der Waals surface area contributed by atoms with Crippen molar-refractivity contribution in [2.75, 3.05) is 0 Å². The lowest BCUT2D eigenvalue weighted by molar-refractivity contribution is 1.12. The van der Waals surface area contributed by atoms with Gasteiger partial charge in [-0.15, -0.1) is 0 Å². The maximum Gasteiger partial charge on any atom is 0.266 e. The van der Waals surface area contributed by atoms with Crippen LogP contribution in [-0.2, 0) is 0 Å². The molecule has 14 heavy (non-hydrogen) atoms. The smallest absolute Gasteiger partial charge is 0.266 e. The fourth-order valence-corrected chi connectivity index (χ4v) is 1.73. The van der Waals surface area contributed by atoms with Crippen LogP contribution in [0.25, 0.3) is 11.0 Å². The van der Waals surface area contributed by atoms with Gasteiger partial charge in [0.1, 0.15) is 0 Å². The van der Waals surface area contributed by atoms with Gasteiger partial charge in [-0.05, 0) is 36.5 Å². The third-order valence-corrected chi connectivity index (χ3v) is 2.65. The number of H-pyrrole nitrogens is 1. The lowest BCUT2D eigenvalue weighted by Gasteiger charge is -2.00. The molecular formula is C11H10N2O. The Morgan fingerprint density at radius 3 is 3.00 bits per heavy atom. The zero-order chi connectivity index (χ0) is 9.54. The van der Waals surface area contributed by atoms with Gasteiger partial charge in [0.05, 0.1) is 17.2 Å². The van der Waals surface area contributed by atoms with Gasteiger partial charge >= 0.3 is 0 Å². The first-order valence-corrected chi connectivity index (χ1v) is 4.82. The van der Waals surface area contributed by atoms with Crippen LogP contribution in [0.5, 0.6) is 0 Å². The van der Waals surface area contributed by atoms with Gasteiger partial charge in [0.15, 0.2) is 0 Å². The van der Waals surface area contributed by atoms with Crippen molar-refractivity contribution in [3.63, 3.8) is 0 Å². The fourth-order valence-electron chi connectivity index (χ4n) is 1.73. The van der Waals surface area contributed by atoms with Crippen LogP contribution in [0.4, 0.5) is 0 Å². The van der Waals surface area contributed by atoms with Gasteiger partial charge in [0, 0.05) is 0 Å². The number of benzene rings is 1. The van der Waals surface area contributed by atoms with Crippen LogP contribution in [0.15, 0.2) is 29.2 Å². The number of nitrogens with zero attached hydrogens (tertiary/aromatic N) is 1. The minimum absolute atomic E-state index is 0.134. The molecule has 0 unspecified atom stereocenters. The van der Waals surface area contributed by atoms with Gasteiger partial charge in [0.25, 0.3) is 5.56 Å². The van der Waals surface area contributed by atoms with Crippen molar-refractivity contribution in [1.29, 1.82) is 0 Å². The molecule has 1 N–H and O–H groups in total. The summed E-state index contributed by atoms with van der Waals surface area (Å²) in [6.45, 7) is 0. The molecule has 70 valence electrons. The summed E-state index contributed by atoms with van der Waals surface area (Å²) < 4.78 is 0. The van der Waals surface area contributed by atoms with E-state index < -0.39 is 0 Å². The summed E-state index contributed by atoms with van der Waals surface area (Å²) in [5.74, 6) is 0.711. The van der Waals surface area contributed by atoms with Crippen LogP contribution >= 0.6 is 0 Å². The van der Waals surface area contributed by atoms with Crippen LogP contribution in [-0.4, -0.2) is 9.97 Å². The largest absolute Gasteiger partial charge is 0.319 e. The van der Waals surface area contributed by atoms with E-state index in [4.69, 9.17) is 0 Å². The molecule has 0 aliphatic heterocycles. The van der Waals surface area contributed by atoms with Crippen LogP contribution in [0.1, 0.15) is 24.3 Å². The number of fused-ring (bicyclic) bond motifs is 1. The summed E-state index contributed by atoms with van der Waals surface area (Å²) in [4.78, 5) is 17.9. The van der Waals surface area contributed by atoms with Gasteiger partial charge in [-0.3, -0.25) is 4.79 Å². The highest BCUT2D eigenvalue weighted by atomic mass is 16.1.